The van der Waals surface area contributed by atoms with Crippen molar-refractivity contribution in [1.82, 2.24) is 4.31 Å². The lowest BCUT2D eigenvalue weighted by molar-refractivity contribution is 0.300. The third kappa shape index (κ3) is 3.58. The first kappa shape index (κ1) is 16.3. The van der Waals surface area contributed by atoms with Gasteiger partial charge in [-0.15, -0.1) is 0 Å². The molecule has 0 aromatic heterocycles. The van der Waals surface area contributed by atoms with E-state index in [1.165, 1.54) is 23.6 Å². The number of aryl methyl sites for hydroxylation is 1. The summed E-state index contributed by atoms with van der Waals surface area (Å²) in [5, 5.41) is 0. The highest BCUT2D eigenvalue weighted by Gasteiger charge is 2.26. The van der Waals surface area contributed by atoms with Gasteiger partial charge >= 0.3 is 0 Å². The number of hydrogen-bond donors (Lipinski definition) is 1. The number of nitrogens with zero attached hydrogens (tertiary/aromatic N) is 1. The molecule has 0 bridgehead atoms. The highest BCUT2D eigenvalue weighted by Crippen LogP contribution is 2.28. The van der Waals surface area contributed by atoms with Gasteiger partial charge in [-0.1, -0.05) is 19.3 Å². The Labute approximate surface area is 128 Å². The second-order valence-electron chi connectivity index (χ2n) is 6.27. The van der Waals surface area contributed by atoms with Gasteiger partial charge in [0, 0.05) is 19.3 Å². The van der Waals surface area contributed by atoms with Crippen LogP contribution in [0.4, 0.5) is 5.69 Å². The van der Waals surface area contributed by atoms with Crippen LogP contribution >= 0.6 is 0 Å². The van der Waals surface area contributed by atoms with E-state index in [0.29, 0.717) is 28.6 Å². The zero-order chi connectivity index (χ0) is 15.6. The molecule has 0 unspecified atom stereocenters. The van der Waals surface area contributed by atoms with E-state index < -0.39 is 10.0 Å². The van der Waals surface area contributed by atoms with Crippen molar-refractivity contribution in [2.45, 2.75) is 50.8 Å². The van der Waals surface area contributed by atoms with Crippen LogP contribution < -0.4 is 5.73 Å². The van der Waals surface area contributed by atoms with Crippen molar-refractivity contribution in [1.29, 1.82) is 0 Å². The third-order valence-electron chi connectivity index (χ3n) is 4.47. The van der Waals surface area contributed by atoms with Crippen LogP contribution in [0.25, 0.3) is 0 Å². The molecule has 0 spiro atoms. The maximum absolute atomic E-state index is 12.8. The normalized spacial score (nSPS) is 17.3. The summed E-state index contributed by atoms with van der Waals surface area (Å²) in [6.07, 6.45) is 5.98. The molecule has 21 heavy (non-hydrogen) atoms. The number of rotatable bonds is 4. The predicted octanol–water partition coefficient (Wildman–Crippen LogP) is 3.09. The van der Waals surface area contributed by atoms with Crippen molar-refractivity contribution < 1.29 is 8.42 Å². The zero-order valence-electron chi connectivity index (χ0n) is 13.2. The Morgan fingerprint density at radius 1 is 1.19 bits per heavy atom. The molecule has 4 nitrogen and oxygen atoms in total. The van der Waals surface area contributed by atoms with E-state index in [-0.39, 0.29) is 0 Å². The molecule has 5 heteroatoms. The first-order valence-corrected chi connectivity index (χ1v) is 9.09. The summed E-state index contributed by atoms with van der Waals surface area (Å²) in [6, 6.07) is 3.54. The average Bonchev–Trinajstić information content (AvgIpc) is 2.43. The number of nitrogen functional groups attached to an aromatic ring is 1. The second-order valence-corrected chi connectivity index (χ2v) is 8.28. The van der Waals surface area contributed by atoms with Gasteiger partial charge in [0.1, 0.15) is 0 Å². The number of hydrogen-bond acceptors (Lipinski definition) is 3. The minimum Gasteiger partial charge on any atom is -0.398 e. The van der Waals surface area contributed by atoms with Crippen LogP contribution in [0.2, 0.25) is 0 Å². The fourth-order valence-corrected chi connectivity index (χ4v) is 4.70. The van der Waals surface area contributed by atoms with Crippen LogP contribution in [0.3, 0.4) is 0 Å². The number of nitrogens with two attached hydrogens (primary N) is 1. The Morgan fingerprint density at radius 2 is 1.81 bits per heavy atom. The molecule has 1 aromatic carbocycles. The average molecular weight is 310 g/mol. The van der Waals surface area contributed by atoms with Crippen LogP contribution in [0.1, 0.15) is 43.2 Å². The van der Waals surface area contributed by atoms with Gasteiger partial charge in [0.15, 0.2) is 0 Å². The van der Waals surface area contributed by atoms with Gasteiger partial charge in [-0.3, -0.25) is 0 Å². The minimum atomic E-state index is -3.46. The van der Waals surface area contributed by atoms with E-state index in [0.717, 1.165) is 18.4 Å². The number of anilines is 1. The van der Waals surface area contributed by atoms with Crippen molar-refractivity contribution in [2.75, 3.05) is 19.3 Å². The molecule has 1 fully saturated rings. The number of sulfonamides is 1. The first-order valence-electron chi connectivity index (χ1n) is 7.65. The summed E-state index contributed by atoms with van der Waals surface area (Å²) in [5.41, 5.74) is 7.99. The van der Waals surface area contributed by atoms with E-state index in [1.54, 1.807) is 20.0 Å². The first-order chi connectivity index (χ1) is 9.82. The SMILES string of the molecule is Cc1cc(N)c(C)c(S(=O)(=O)N(C)CC2CCCCC2)c1. The smallest absolute Gasteiger partial charge is 0.243 e. The Hall–Kier alpha value is -1.07. The molecular weight excluding hydrogens is 284 g/mol. The summed E-state index contributed by atoms with van der Waals surface area (Å²) >= 11 is 0. The predicted molar refractivity (Wildman–Crippen MR) is 86.7 cm³/mol. The van der Waals surface area contributed by atoms with Crippen molar-refractivity contribution in [3.8, 4) is 0 Å². The lowest BCUT2D eigenvalue weighted by atomic mass is 9.89. The lowest BCUT2D eigenvalue weighted by Gasteiger charge is -2.27. The van der Waals surface area contributed by atoms with E-state index >= 15 is 0 Å². The van der Waals surface area contributed by atoms with Crippen LogP contribution in [0.5, 0.6) is 0 Å². The van der Waals surface area contributed by atoms with E-state index in [1.807, 2.05) is 13.0 Å². The molecule has 0 heterocycles. The number of benzene rings is 1. The molecule has 1 aliphatic rings. The topological polar surface area (TPSA) is 63.4 Å². The van der Waals surface area contributed by atoms with Crippen molar-refractivity contribution in [2.24, 2.45) is 5.92 Å². The van der Waals surface area contributed by atoms with Crippen LogP contribution in [0.15, 0.2) is 17.0 Å². The molecule has 0 radical (unpaired) electrons. The Balaban J connectivity index is 2.24. The van der Waals surface area contributed by atoms with E-state index in [4.69, 9.17) is 5.73 Å². The molecular formula is C16H26N2O2S. The van der Waals surface area contributed by atoms with Gasteiger partial charge in [-0.2, -0.15) is 0 Å². The molecule has 0 aliphatic heterocycles. The summed E-state index contributed by atoms with van der Waals surface area (Å²) < 4.78 is 27.1. The zero-order valence-corrected chi connectivity index (χ0v) is 14.0. The fourth-order valence-electron chi connectivity index (χ4n) is 3.12. The van der Waals surface area contributed by atoms with Gasteiger partial charge in [-0.25, -0.2) is 12.7 Å². The van der Waals surface area contributed by atoms with E-state index in [2.05, 4.69) is 0 Å². The third-order valence-corrected chi connectivity index (χ3v) is 6.42. The van der Waals surface area contributed by atoms with Crippen molar-refractivity contribution in [3.63, 3.8) is 0 Å². The van der Waals surface area contributed by atoms with Gasteiger partial charge in [0.25, 0.3) is 0 Å². The van der Waals surface area contributed by atoms with Crippen LogP contribution in [0, 0.1) is 19.8 Å². The highest BCUT2D eigenvalue weighted by molar-refractivity contribution is 7.89. The lowest BCUT2D eigenvalue weighted by Crippen LogP contribution is -2.33. The monoisotopic (exact) mass is 310 g/mol. The second kappa shape index (κ2) is 6.36. The van der Waals surface area contributed by atoms with Crippen LogP contribution in [-0.2, 0) is 10.0 Å². The van der Waals surface area contributed by atoms with Gasteiger partial charge in [0.2, 0.25) is 10.0 Å². The van der Waals surface area contributed by atoms with Gasteiger partial charge in [-0.05, 0) is 55.9 Å². The minimum absolute atomic E-state index is 0.346. The van der Waals surface area contributed by atoms with Gasteiger partial charge in [0.05, 0.1) is 4.90 Å². The van der Waals surface area contributed by atoms with Gasteiger partial charge < -0.3 is 5.73 Å². The highest BCUT2D eigenvalue weighted by atomic mass is 32.2. The molecule has 1 aliphatic carbocycles. The molecule has 118 valence electrons. The molecule has 1 aromatic rings. The molecule has 2 rings (SSSR count). The largest absolute Gasteiger partial charge is 0.398 e. The fraction of sp³-hybridized carbons (Fsp3) is 0.625. The Bertz CT molecular complexity index is 605. The van der Waals surface area contributed by atoms with Crippen molar-refractivity contribution in [3.05, 3.63) is 23.3 Å². The Morgan fingerprint density at radius 3 is 2.43 bits per heavy atom. The quantitative estimate of drug-likeness (QED) is 0.869. The summed E-state index contributed by atoms with van der Waals surface area (Å²) in [6.45, 7) is 4.25. The van der Waals surface area contributed by atoms with Crippen molar-refractivity contribution >= 4 is 15.7 Å². The molecule has 0 saturated heterocycles. The summed E-state index contributed by atoms with van der Waals surface area (Å²) in [4.78, 5) is 0.346. The maximum Gasteiger partial charge on any atom is 0.243 e. The molecule has 0 atom stereocenters. The molecule has 1 saturated carbocycles. The van der Waals surface area contributed by atoms with E-state index in [9.17, 15) is 8.42 Å². The maximum atomic E-state index is 12.8. The summed E-state index contributed by atoms with van der Waals surface area (Å²) in [5.74, 6) is 0.487. The van der Waals surface area contributed by atoms with Crippen LogP contribution in [-0.4, -0.2) is 26.3 Å². The summed E-state index contributed by atoms with van der Waals surface area (Å²) in [7, 11) is -1.78. The molecule has 2 N–H and O–H groups in total. The molecule has 0 amide bonds. The standard InChI is InChI=1S/C16H26N2O2S/c1-12-9-15(17)13(2)16(10-12)21(19,20)18(3)11-14-7-5-4-6-8-14/h9-10,14H,4-8,11,17H2,1-3H3. The Kier molecular flexibility index (Phi) is 4.94.